The van der Waals surface area contributed by atoms with Crippen LogP contribution in [0.5, 0.6) is 0 Å². The van der Waals surface area contributed by atoms with Gasteiger partial charge in [-0.05, 0) is 19.1 Å². The number of thioether (sulfide) groups is 1. The molecule has 6 heteroatoms. The molecule has 1 aromatic carbocycles. The highest BCUT2D eigenvalue weighted by Gasteiger charge is 2.12. The third-order valence-electron chi connectivity index (χ3n) is 3.09. The molecule has 0 aliphatic carbocycles. The van der Waals surface area contributed by atoms with E-state index in [1.54, 1.807) is 11.8 Å². The van der Waals surface area contributed by atoms with E-state index < -0.39 is 0 Å². The Morgan fingerprint density at radius 3 is 2.80 bits per heavy atom. The lowest BCUT2D eigenvalue weighted by Crippen LogP contribution is -1.96. The molecule has 0 saturated heterocycles. The Labute approximate surface area is 121 Å². The molecule has 0 saturated carbocycles. The number of benzene rings is 1. The molecular formula is C14H16N4OS. The summed E-state index contributed by atoms with van der Waals surface area (Å²) in [4.78, 5) is 8.98. The number of rotatable bonds is 5. The molecule has 0 aliphatic heterocycles. The van der Waals surface area contributed by atoms with Crippen molar-refractivity contribution in [3.8, 4) is 0 Å². The highest BCUT2D eigenvalue weighted by atomic mass is 32.2. The van der Waals surface area contributed by atoms with E-state index in [1.807, 2.05) is 25.1 Å². The van der Waals surface area contributed by atoms with Crippen LogP contribution >= 0.6 is 11.8 Å². The summed E-state index contributed by atoms with van der Waals surface area (Å²) >= 11 is 1.63. The van der Waals surface area contributed by atoms with E-state index in [9.17, 15) is 0 Å². The highest BCUT2D eigenvalue weighted by Crippen LogP contribution is 2.26. The Morgan fingerprint density at radius 2 is 2.05 bits per heavy atom. The van der Waals surface area contributed by atoms with Gasteiger partial charge in [-0.3, -0.25) is 0 Å². The van der Waals surface area contributed by atoms with Crippen molar-refractivity contribution in [1.29, 1.82) is 0 Å². The molecule has 2 aromatic heterocycles. The van der Waals surface area contributed by atoms with Crippen molar-refractivity contribution in [3.05, 3.63) is 36.0 Å². The third-order valence-corrected chi connectivity index (χ3v) is 4.05. The van der Waals surface area contributed by atoms with Crippen molar-refractivity contribution >= 4 is 22.8 Å². The third kappa shape index (κ3) is 2.43. The van der Waals surface area contributed by atoms with Crippen LogP contribution < -0.4 is 0 Å². The van der Waals surface area contributed by atoms with Gasteiger partial charge >= 0.3 is 0 Å². The Balaban J connectivity index is 1.83. The minimum atomic E-state index is 0.649. The first-order valence-electron chi connectivity index (χ1n) is 6.71. The van der Waals surface area contributed by atoms with E-state index in [0.29, 0.717) is 11.6 Å². The zero-order valence-electron chi connectivity index (χ0n) is 11.5. The number of imidazole rings is 1. The summed E-state index contributed by atoms with van der Waals surface area (Å²) in [6.07, 6.45) is 0.793. The van der Waals surface area contributed by atoms with Gasteiger partial charge in [0.2, 0.25) is 5.89 Å². The van der Waals surface area contributed by atoms with Crippen LogP contribution in [0, 0.1) is 0 Å². The number of hydrogen-bond acceptors (Lipinski definition) is 5. The zero-order chi connectivity index (χ0) is 13.9. The normalized spacial score (nSPS) is 11.3. The fourth-order valence-electron chi connectivity index (χ4n) is 2.09. The van der Waals surface area contributed by atoms with Crippen LogP contribution in [0.15, 0.2) is 33.9 Å². The Hall–Kier alpha value is -1.82. The fourth-order valence-corrected chi connectivity index (χ4v) is 3.00. The SMILES string of the molecule is CCc1noc(CSc2nc3ccccc3n2CC)n1. The lowest BCUT2D eigenvalue weighted by molar-refractivity contribution is 0.385. The van der Waals surface area contributed by atoms with Gasteiger partial charge in [-0.15, -0.1) is 0 Å². The quantitative estimate of drug-likeness (QED) is 0.674. The van der Waals surface area contributed by atoms with E-state index in [2.05, 4.69) is 32.7 Å². The molecule has 0 aliphatic rings. The molecule has 3 rings (SSSR count). The second-order valence-electron chi connectivity index (χ2n) is 4.37. The van der Waals surface area contributed by atoms with Gasteiger partial charge in [-0.2, -0.15) is 4.98 Å². The molecule has 0 unspecified atom stereocenters. The van der Waals surface area contributed by atoms with Crippen LogP contribution in [0.2, 0.25) is 0 Å². The van der Waals surface area contributed by atoms with Crippen molar-refractivity contribution in [2.45, 2.75) is 37.7 Å². The second kappa shape index (κ2) is 5.66. The first-order chi connectivity index (χ1) is 9.81. The predicted octanol–water partition coefficient (Wildman–Crippen LogP) is 3.29. The van der Waals surface area contributed by atoms with Crippen molar-refractivity contribution in [1.82, 2.24) is 19.7 Å². The minimum absolute atomic E-state index is 0.649. The standard InChI is InChI=1S/C14H16N4OS/c1-3-12-16-13(19-17-12)9-20-14-15-10-7-5-6-8-11(10)18(14)4-2/h5-8H,3-4,9H2,1-2H3. The van der Waals surface area contributed by atoms with Crippen LogP contribution in [-0.2, 0) is 18.7 Å². The lowest BCUT2D eigenvalue weighted by atomic mass is 10.3. The monoisotopic (exact) mass is 288 g/mol. The number of nitrogens with zero attached hydrogens (tertiary/aromatic N) is 4. The van der Waals surface area contributed by atoms with Crippen molar-refractivity contribution in [2.24, 2.45) is 0 Å². The van der Waals surface area contributed by atoms with Gasteiger partial charge in [0.05, 0.1) is 16.8 Å². The molecule has 0 bridgehead atoms. The van der Waals surface area contributed by atoms with E-state index in [0.717, 1.165) is 35.0 Å². The number of para-hydroxylation sites is 2. The average molecular weight is 288 g/mol. The van der Waals surface area contributed by atoms with Crippen LogP contribution in [0.1, 0.15) is 25.6 Å². The average Bonchev–Trinajstić information content (AvgIpc) is 3.08. The predicted molar refractivity (Wildman–Crippen MR) is 78.6 cm³/mol. The van der Waals surface area contributed by atoms with Gasteiger partial charge in [-0.1, -0.05) is 36.0 Å². The summed E-state index contributed by atoms with van der Waals surface area (Å²) in [6.45, 7) is 5.03. The molecule has 2 heterocycles. The maximum Gasteiger partial charge on any atom is 0.237 e. The topological polar surface area (TPSA) is 56.7 Å². The smallest absolute Gasteiger partial charge is 0.237 e. The van der Waals surface area contributed by atoms with Crippen molar-refractivity contribution < 1.29 is 4.52 Å². The molecule has 20 heavy (non-hydrogen) atoms. The van der Waals surface area contributed by atoms with Gasteiger partial charge in [0.15, 0.2) is 11.0 Å². The summed E-state index contributed by atoms with van der Waals surface area (Å²) in [7, 11) is 0. The Kier molecular flexibility index (Phi) is 3.73. The molecule has 5 nitrogen and oxygen atoms in total. The molecule has 3 aromatic rings. The number of aryl methyl sites for hydroxylation is 2. The van der Waals surface area contributed by atoms with E-state index in [-0.39, 0.29) is 0 Å². The first kappa shape index (κ1) is 13.2. The molecule has 104 valence electrons. The highest BCUT2D eigenvalue weighted by molar-refractivity contribution is 7.98. The second-order valence-corrected chi connectivity index (χ2v) is 5.32. The Morgan fingerprint density at radius 1 is 1.20 bits per heavy atom. The fraction of sp³-hybridized carbons (Fsp3) is 0.357. The number of hydrogen-bond donors (Lipinski definition) is 0. The van der Waals surface area contributed by atoms with Crippen LogP contribution in [-0.4, -0.2) is 19.7 Å². The molecule has 0 spiro atoms. The number of fused-ring (bicyclic) bond motifs is 1. The maximum absolute atomic E-state index is 5.21. The van der Waals surface area contributed by atoms with Crippen LogP contribution in [0.3, 0.4) is 0 Å². The summed E-state index contributed by atoms with van der Waals surface area (Å²) in [5, 5.41) is 4.90. The molecule has 0 fully saturated rings. The van der Waals surface area contributed by atoms with Crippen LogP contribution in [0.4, 0.5) is 0 Å². The van der Waals surface area contributed by atoms with E-state index in [4.69, 9.17) is 4.52 Å². The molecule has 0 radical (unpaired) electrons. The first-order valence-corrected chi connectivity index (χ1v) is 7.70. The van der Waals surface area contributed by atoms with Gasteiger partial charge in [0, 0.05) is 13.0 Å². The summed E-state index contributed by atoms with van der Waals surface area (Å²) in [5.74, 6) is 2.06. The molecular weight excluding hydrogens is 272 g/mol. The molecule has 0 N–H and O–H groups in total. The summed E-state index contributed by atoms with van der Waals surface area (Å²) in [5.41, 5.74) is 2.19. The lowest BCUT2D eigenvalue weighted by Gasteiger charge is -2.03. The van der Waals surface area contributed by atoms with Gasteiger partial charge < -0.3 is 9.09 Å². The van der Waals surface area contributed by atoms with Crippen molar-refractivity contribution in [2.75, 3.05) is 0 Å². The number of aromatic nitrogens is 4. The molecule has 0 amide bonds. The van der Waals surface area contributed by atoms with Crippen molar-refractivity contribution in [3.63, 3.8) is 0 Å². The van der Waals surface area contributed by atoms with Gasteiger partial charge in [0.25, 0.3) is 0 Å². The maximum atomic E-state index is 5.21. The Bertz CT molecular complexity index is 719. The zero-order valence-corrected chi connectivity index (χ0v) is 12.4. The van der Waals surface area contributed by atoms with E-state index in [1.165, 1.54) is 0 Å². The minimum Gasteiger partial charge on any atom is -0.338 e. The van der Waals surface area contributed by atoms with Gasteiger partial charge in [0.1, 0.15) is 0 Å². The summed E-state index contributed by atoms with van der Waals surface area (Å²) < 4.78 is 7.41. The van der Waals surface area contributed by atoms with Gasteiger partial charge in [-0.25, -0.2) is 4.98 Å². The summed E-state index contributed by atoms with van der Waals surface area (Å²) in [6, 6.07) is 8.18. The largest absolute Gasteiger partial charge is 0.338 e. The van der Waals surface area contributed by atoms with E-state index >= 15 is 0 Å². The van der Waals surface area contributed by atoms with Crippen LogP contribution in [0.25, 0.3) is 11.0 Å². The molecule has 0 atom stereocenters.